The highest BCUT2D eigenvalue weighted by Gasteiger charge is 2.14. The summed E-state index contributed by atoms with van der Waals surface area (Å²) in [5.74, 6) is -0.0337. The zero-order valence-electron chi connectivity index (χ0n) is 16.8. The van der Waals surface area contributed by atoms with Gasteiger partial charge in [0.2, 0.25) is 0 Å². The Hall–Kier alpha value is -4.27. The van der Waals surface area contributed by atoms with Gasteiger partial charge in [0.25, 0.3) is 11.6 Å². The van der Waals surface area contributed by atoms with Gasteiger partial charge in [0.15, 0.2) is 0 Å². The first-order chi connectivity index (χ1) is 14.9. The molecule has 9 heteroatoms. The maximum atomic E-state index is 12.2. The van der Waals surface area contributed by atoms with Crippen molar-refractivity contribution in [2.45, 2.75) is 13.8 Å². The molecule has 0 radical (unpaired) electrons. The number of carbonyl (C=O) groups excluding carboxylic acids is 2. The highest BCUT2D eigenvalue weighted by molar-refractivity contribution is 5.95. The molecule has 0 aliphatic rings. The van der Waals surface area contributed by atoms with Crippen LogP contribution < -0.4 is 5.43 Å². The van der Waals surface area contributed by atoms with Gasteiger partial charge in [-0.05, 0) is 44.2 Å². The summed E-state index contributed by atoms with van der Waals surface area (Å²) in [6.07, 6.45) is 1.32. The van der Waals surface area contributed by atoms with E-state index in [1.54, 1.807) is 50.2 Å². The standard InChI is InChI=1S/C22H19N3O6/c1-3-30-22(27)16-8-6-15(7-9-16)20-11-10-18(31-20)13-23-24-21(26)17-5-4-14(2)19(12-17)25(28)29/h4-13H,3H2,1-2H3,(H,24,26)/b23-13-. The van der Waals surface area contributed by atoms with E-state index >= 15 is 0 Å². The first-order valence-corrected chi connectivity index (χ1v) is 9.35. The molecule has 0 aliphatic heterocycles. The minimum atomic E-state index is -0.583. The van der Waals surface area contributed by atoms with Gasteiger partial charge in [-0.15, -0.1) is 0 Å². The highest BCUT2D eigenvalue weighted by Crippen LogP contribution is 2.22. The average molecular weight is 421 g/mol. The molecule has 1 heterocycles. The van der Waals surface area contributed by atoms with Crippen LogP contribution in [0.3, 0.4) is 0 Å². The molecule has 0 aliphatic carbocycles. The first-order valence-electron chi connectivity index (χ1n) is 9.35. The largest absolute Gasteiger partial charge is 0.462 e. The van der Waals surface area contributed by atoms with Gasteiger partial charge in [-0.3, -0.25) is 14.9 Å². The number of benzene rings is 2. The number of nitrogens with one attached hydrogen (secondary N) is 1. The van der Waals surface area contributed by atoms with Gasteiger partial charge in [-0.1, -0.05) is 18.2 Å². The van der Waals surface area contributed by atoms with Crippen molar-refractivity contribution < 1.29 is 23.7 Å². The Morgan fingerprint density at radius 3 is 2.52 bits per heavy atom. The van der Waals surface area contributed by atoms with E-state index in [0.717, 1.165) is 5.56 Å². The number of rotatable bonds is 7. The molecule has 0 saturated heterocycles. The van der Waals surface area contributed by atoms with Crippen molar-refractivity contribution in [1.82, 2.24) is 5.43 Å². The molecule has 2 aromatic carbocycles. The fraction of sp³-hybridized carbons (Fsp3) is 0.136. The van der Waals surface area contributed by atoms with E-state index in [1.807, 2.05) is 0 Å². The van der Waals surface area contributed by atoms with Crippen LogP contribution in [-0.2, 0) is 4.74 Å². The monoisotopic (exact) mass is 421 g/mol. The van der Waals surface area contributed by atoms with Crippen LogP contribution in [0.2, 0.25) is 0 Å². The third-order valence-electron chi connectivity index (χ3n) is 4.33. The van der Waals surface area contributed by atoms with Gasteiger partial charge >= 0.3 is 5.97 Å². The molecule has 1 amide bonds. The average Bonchev–Trinajstić information content (AvgIpc) is 3.23. The molecule has 3 aromatic rings. The fourth-order valence-electron chi connectivity index (χ4n) is 2.73. The van der Waals surface area contributed by atoms with E-state index in [1.165, 1.54) is 24.4 Å². The van der Waals surface area contributed by atoms with Crippen LogP contribution in [0, 0.1) is 17.0 Å². The van der Waals surface area contributed by atoms with Crippen LogP contribution in [0.5, 0.6) is 0 Å². The Balaban J connectivity index is 1.64. The molecule has 158 valence electrons. The van der Waals surface area contributed by atoms with Gasteiger partial charge in [0, 0.05) is 22.8 Å². The van der Waals surface area contributed by atoms with Crippen molar-refractivity contribution in [2.75, 3.05) is 6.61 Å². The molecule has 3 rings (SSSR count). The molecule has 0 fully saturated rings. The highest BCUT2D eigenvalue weighted by atomic mass is 16.6. The number of hydrogen-bond donors (Lipinski definition) is 1. The molecular weight excluding hydrogens is 402 g/mol. The topological polar surface area (TPSA) is 124 Å². The second-order valence-electron chi connectivity index (χ2n) is 6.46. The number of hydrazone groups is 1. The maximum absolute atomic E-state index is 12.2. The Kier molecular flexibility index (Phi) is 6.56. The Labute approximate surface area is 177 Å². The number of esters is 1. The van der Waals surface area contributed by atoms with E-state index < -0.39 is 16.8 Å². The van der Waals surface area contributed by atoms with Crippen molar-refractivity contribution in [2.24, 2.45) is 5.10 Å². The second kappa shape index (κ2) is 9.49. The maximum Gasteiger partial charge on any atom is 0.338 e. The number of nitro benzene ring substituents is 1. The molecule has 1 N–H and O–H groups in total. The first kappa shape index (κ1) is 21.4. The van der Waals surface area contributed by atoms with Crippen LogP contribution in [0.4, 0.5) is 5.69 Å². The summed E-state index contributed by atoms with van der Waals surface area (Å²) in [4.78, 5) is 34.3. The van der Waals surface area contributed by atoms with Crippen LogP contribution in [0.25, 0.3) is 11.3 Å². The van der Waals surface area contributed by atoms with E-state index in [0.29, 0.717) is 29.3 Å². The van der Waals surface area contributed by atoms with Gasteiger partial charge in [-0.2, -0.15) is 5.10 Å². The van der Waals surface area contributed by atoms with E-state index in [2.05, 4.69) is 10.5 Å². The Morgan fingerprint density at radius 2 is 1.84 bits per heavy atom. The molecule has 0 atom stereocenters. The molecule has 1 aromatic heterocycles. The van der Waals surface area contributed by atoms with Gasteiger partial charge in [-0.25, -0.2) is 10.2 Å². The molecule has 0 saturated carbocycles. The summed E-state index contributed by atoms with van der Waals surface area (Å²) in [5, 5.41) is 14.8. The number of furan rings is 1. The summed E-state index contributed by atoms with van der Waals surface area (Å²) >= 11 is 0. The van der Waals surface area contributed by atoms with Crippen LogP contribution in [-0.4, -0.2) is 29.6 Å². The number of amides is 1. The van der Waals surface area contributed by atoms with Crippen LogP contribution in [0.15, 0.2) is 64.1 Å². The van der Waals surface area contributed by atoms with Crippen LogP contribution >= 0.6 is 0 Å². The summed E-state index contributed by atoms with van der Waals surface area (Å²) in [5.41, 5.74) is 3.95. The SMILES string of the molecule is CCOC(=O)c1ccc(-c2ccc(/C=N\NC(=O)c3ccc(C)c([N+](=O)[O-])c3)o2)cc1. The Morgan fingerprint density at radius 1 is 1.13 bits per heavy atom. The van der Waals surface area contributed by atoms with E-state index in [9.17, 15) is 19.7 Å². The normalized spacial score (nSPS) is 10.8. The lowest BCUT2D eigenvalue weighted by molar-refractivity contribution is -0.385. The number of hydrogen-bond acceptors (Lipinski definition) is 7. The third-order valence-corrected chi connectivity index (χ3v) is 4.33. The molecule has 0 unspecified atom stereocenters. The smallest absolute Gasteiger partial charge is 0.338 e. The fourth-order valence-corrected chi connectivity index (χ4v) is 2.73. The number of carbonyl (C=O) groups is 2. The molecule has 0 spiro atoms. The number of ether oxygens (including phenoxy) is 1. The van der Waals surface area contributed by atoms with E-state index in [4.69, 9.17) is 9.15 Å². The molecular formula is C22H19N3O6. The molecule has 31 heavy (non-hydrogen) atoms. The summed E-state index contributed by atoms with van der Waals surface area (Å²) in [6.45, 7) is 3.64. The molecule has 9 nitrogen and oxygen atoms in total. The number of nitrogens with zero attached hydrogens (tertiary/aromatic N) is 2. The van der Waals surface area contributed by atoms with Crippen molar-refractivity contribution >= 4 is 23.8 Å². The lowest BCUT2D eigenvalue weighted by atomic mass is 10.1. The Bertz CT molecular complexity index is 1150. The minimum absolute atomic E-state index is 0.122. The van der Waals surface area contributed by atoms with Gasteiger partial charge in [0.05, 0.1) is 23.3 Å². The zero-order valence-corrected chi connectivity index (χ0v) is 16.8. The zero-order chi connectivity index (χ0) is 22.4. The van der Waals surface area contributed by atoms with Gasteiger partial charge < -0.3 is 9.15 Å². The van der Waals surface area contributed by atoms with Crippen molar-refractivity contribution in [3.05, 3.63) is 87.2 Å². The molecule has 0 bridgehead atoms. The van der Waals surface area contributed by atoms with Crippen molar-refractivity contribution in [3.63, 3.8) is 0 Å². The summed E-state index contributed by atoms with van der Waals surface area (Å²) in [7, 11) is 0. The quantitative estimate of drug-likeness (QED) is 0.265. The number of nitro groups is 1. The summed E-state index contributed by atoms with van der Waals surface area (Å²) in [6, 6.07) is 14.3. The van der Waals surface area contributed by atoms with Crippen molar-refractivity contribution in [1.29, 1.82) is 0 Å². The second-order valence-corrected chi connectivity index (χ2v) is 6.46. The third kappa shape index (κ3) is 5.21. The lowest BCUT2D eigenvalue weighted by Gasteiger charge is -2.02. The predicted molar refractivity (Wildman–Crippen MR) is 113 cm³/mol. The predicted octanol–water partition coefficient (Wildman–Crippen LogP) is 4.10. The van der Waals surface area contributed by atoms with E-state index in [-0.39, 0.29) is 11.3 Å². The van der Waals surface area contributed by atoms with Crippen LogP contribution in [0.1, 0.15) is 39.0 Å². The van der Waals surface area contributed by atoms with Gasteiger partial charge in [0.1, 0.15) is 11.5 Å². The van der Waals surface area contributed by atoms with Crippen molar-refractivity contribution in [3.8, 4) is 11.3 Å². The summed E-state index contributed by atoms with van der Waals surface area (Å²) < 4.78 is 10.6. The minimum Gasteiger partial charge on any atom is -0.462 e. The number of aryl methyl sites for hydroxylation is 1. The lowest BCUT2D eigenvalue weighted by Crippen LogP contribution is -2.17.